The number of likely N-dealkylation sites (N-methyl/N-ethyl adjacent to an activating group) is 1. The summed E-state index contributed by atoms with van der Waals surface area (Å²) < 4.78 is 51.0. The van der Waals surface area contributed by atoms with Crippen molar-refractivity contribution in [3.63, 3.8) is 0 Å². The summed E-state index contributed by atoms with van der Waals surface area (Å²) >= 11 is 0. The zero-order valence-corrected chi connectivity index (χ0v) is 18.2. The second-order valence-electron chi connectivity index (χ2n) is 7.27. The summed E-state index contributed by atoms with van der Waals surface area (Å²) in [5.41, 5.74) is 1.23. The molecule has 0 radical (unpaired) electrons. The van der Waals surface area contributed by atoms with Gasteiger partial charge in [0.1, 0.15) is 0 Å². The molecule has 0 N–H and O–H groups in total. The van der Waals surface area contributed by atoms with E-state index in [-0.39, 0.29) is 11.6 Å². The molecule has 32 heavy (non-hydrogen) atoms. The minimum Gasteiger partial charge on any atom is -0.493 e. The van der Waals surface area contributed by atoms with E-state index in [1.54, 1.807) is 39.2 Å². The Morgan fingerprint density at radius 2 is 1.81 bits per heavy atom. The van der Waals surface area contributed by atoms with Crippen molar-refractivity contribution < 1.29 is 27.4 Å². The molecule has 3 rings (SSSR count). The van der Waals surface area contributed by atoms with Gasteiger partial charge >= 0.3 is 6.18 Å². The van der Waals surface area contributed by atoms with Crippen LogP contribution in [-0.2, 0) is 12.6 Å². The molecule has 9 heteroatoms. The lowest BCUT2D eigenvalue weighted by Gasteiger charge is -2.18. The summed E-state index contributed by atoms with van der Waals surface area (Å²) in [6.07, 6.45) is -2.49. The van der Waals surface area contributed by atoms with Crippen molar-refractivity contribution in [1.29, 1.82) is 0 Å². The largest absolute Gasteiger partial charge is 0.493 e. The van der Waals surface area contributed by atoms with E-state index in [4.69, 9.17) is 9.47 Å². The minimum absolute atomic E-state index is 0.240. The third-order valence-electron chi connectivity index (χ3n) is 5.19. The van der Waals surface area contributed by atoms with Gasteiger partial charge in [0.25, 0.3) is 5.91 Å². The summed E-state index contributed by atoms with van der Waals surface area (Å²) in [6, 6.07) is 10.4. The van der Waals surface area contributed by atoms with Gasteiger partial charge in [-0.05, 0) is 49.2 Å². The predicted octanol–water partition coefficient (Wildman–Crippen LogP) is 4.53. The van der Waals surface area contributed by atoms with Gasteiger partial charge in [0, 0.05) is 13.6 Å². The lowest BCUT2D eigenvalue weighted by Crippen LogP contribution is -2.29. The van der Waals surface area contributed by atoms with Crippen LogP contribution in [0.15, 0.2) is 48.7 Å². The first-order valence-electron chi connectivity index (χ1n) is 9.84. The first-order chi connectivity index (χ1) is 15.2. The van der Waals surface area contributed by atoms with Crippen molar-refractivity contribution in [3.05, 3.63) is 71.0 Å². The van der Waals surface area contributed by atoms with Crippen LogP contribution in [0.3, 0.4) is 0 Å². The average Bonchev–Trinajstić information content (AvgIpc) is 3.17. The number of halogens is 3. The fourth-order valence-electron chi connectivity index (χ4n) is 3.33. The smallest absolute Gasteiger partial charge is 0.416 e. The van der Waals surface area contributed by atoms with Gasteiger partial charge in [0.2, 0.25) is 0 Å². The van der Waals surface area contributed by atoms with Gasteiger partial charge in [-0.25, -0.2) is 4.68 Å². The molecule has 0 saturated heterocycles. The number of alkyl halides is 3. The van der Waals surface area contributed by atoms with Crippen LogP contribution in [0.5, 0.6) is 11.5 Å². The normalized spacial score (nSPS) is 11.3. The number of hydrogen-bond acceptors (Lipinski definition) is 4. The zero-order chi connectivity index (χ0) is 23.5. The van der Waals surface area contributed by atoms with Crippen molar-refractivity contribution >= 4 is 5.91 Å². The number of benzene rings is 2. The van der Waals surface area contributed by atoms with E-state index in [1.807, 2.05) is 12.1 Å². The third kappa shape index (κ3) is 4.87. The number of hydrogen-bond donors (Lipinski definition) is 0. The number of ether oxygens (including phenoxy) is 2. The standard InChI is InChI=1S/C23H24F3N3O3/c1-15-19(14-27-29(15)18-7-5-6-17(13-18)23(24,25)26)22(30)28(2)11-10-16-8-9-20(31-3)21(12-16)32-4/h5-9,12-14H,10-11H2,1-4H3. The molecular weight excluding hydrogens is 423 g/mol. The average molecular weight is 447 g/mol. The minimum atomic E-state index is -4.46. The lowest BCUT2D eigenvalue weighted by molar-refractivity contribution is -0.137. The van der Waals surface area contributed by atoms with Gasteiger partial charge in [-0.2, -0.15) is 18.3 Å². The summed E-state index contributed by atoms with van der Waals surface area (Å²) in [7, 11) is 4.79. The molecule has 0 unspecified atom stereocenters. The van der Waals surface area contributed by atoms with Crippen LogP contribution in [0.1, 0.15) is 27.2 Å². The molecule has 0 atom stereocenters. The third-order valence-corrected chi connectivity index (χ3v) is 5.19. The van der Waals surface area contributed by atoms with Crippen molar-refractivity contribution in [3.8, 4) is 17.2 Å². The topological polar surface area (TPSA) is 56.6 Å². The Bertz CT molecular complexity index is 1110. The van der Waals surface area contributed by atoms with E-state index in [2.05, 4.69) is 5.10 Å². The van der Waals surface area contributed by atoms with Crippen LogP contribution in [0.2, 0.25) is 0 Å². The number of amides is 1. The number of aromatic nitrogens is 2. The molecule has 1 amide bonds. The van der Waals surface area contributed by atoms with Gasteiger partial charge in [-0.15, -0.1) is 0 Å². The molecule has 0 aliphatic rings. The Morgan fingerprint density at radius 3 is 2.47 bits per heavy atom. The fourth-order valence-corrected chi connectivity index (χ4v) is 3.33. The Kier molecular flexibility index (Phi) is 6.76. The van der Waals surface area contributed by atoms with Crippen molar-refractivity contribution in [2.75, 3.05) is 27.8 Å². The molecule has 0 aliphatic heterocycles. The molecule has 1 aromatic heterocycles. The van der Waals surface area contributed by atoms with E-state index in [9.17, 15) is 18.0 Å². The highest BCUT2D eigenvalue weighted by atomic mass is 19.4. The van der Waals surface area contributed by atoms with Gasteiger partial charge in [-0.3, -0.25) is 4.79 Å². The Labute approximate surface area is 184 Å². The van der Waals surface area contributed by atoms with E-state index in [0.717, 1.165) is 17.7 Å². The van der Waals surface area contributed by atoms with Gasteiger partial charge in [-0.1, -0.05) is 12.1 Å². The highest BCUT2D eigenvalue weighted by molar-refractivity contribution is 5.95. The monoisotopic (exact) mass is 447 g/mol. The van der Waals surface area contributed by atoms with Crippen LogP contribution >= 0.6 is 0 Å². The van der Waals surface area contributed by atoms with Gasteiger partial charge in [0.05, 0.1) is 42.9 Å². The molecule has 0 aliphatic carbocycles. The molecule has 170 valence electrons. The maximum Gasteiger partial charge on any atom is 0.416 e. The van der Waals surface area contributed by atoms with Crippen molar-refractivity contribution in [2.45, 2.75) is 19.5 Å². The molecule has 0 bridgehead atoms. The first-order valence-corrected chi connectivity index (χ1v) is 9.84. The predicted molar refractivity (Wildman–Crippen MR) is 114 cm³/mol. The highest BCUT2D eigenvalue weighted by Gasteiger charge is 2.31. The Morgan fingerprint density at radius 1 is 1.09 bits per heavy atom. The summed E-state index contributed by atoms with van der Waals surface area (Å²) in [5, 5.41) is 4.14. The maximum atomic E-state index is 13.0. The number of methoxy groups -OCH3 is 2. The molecule has 0 spiro atoms. The molecular formula is C23H24F3N3O3. The molecule has 0 saturated carbocycles. The molecule has 2 aromatic carbocycles. The lowest BCUT2D eigenvalue weighted by atomic mass is 10.1. The Balaban J connectivity index is 1.74. The zero-order valence-electron chi connectivity index (χ0n) is 18.2. The van der Waals surface area contributed by atoms with E-state index >= 15 is 0 Å². The number of carbonyl (C=O) groups is 1. The second-order valence-corrected chi connectivity index (χ2v) is 7.27. The van der Waals surface area contributed by atoms with Crippen LogP contribution in [0.4, 0.5) is 13.2 Å². The fraction of sp³-hybridized carbons (Fsp3) is 0.304. The van der Waals surface area contributed by atoms with Crippen LogP contribution in [-0.4, -0.2) is 48.4 Å². The van der Waals surface area contributed by atoms with Crippen LogP contribution in [0, 0.1) is 6.92 Å². The van der Waals surface area contributed by atoms with Gasteiger partial charge in [0.15, 0.2) is 11.5 Å². The SMILES string of the molecule is COc1ccc(CCN(C)C(=O)c2cnn(-c3cccc(C(F)(F)F)c3)c2C)cc1OC. The van der Waals surface area contributed by atoms with Crippen molar-refractivity contribution in [2.24, 2.45) is 0 Å². The Hall–Kier alpha value is -3.49. The molecule has 0 fully saturated rings. The molecule has 6 nitrogen and oxygen atoms in total. The molecule has 3 aromatic rings. The van der Waals surface area contributed by atoms with Crippen LogP contribution < -0.4 is 9.47 Å². The van der Waals surface area contributed by atoms with Crippen LogP contribution in [0.25, 0.3) is 5.69 Å². The van der Waals surface area contributed by atoms with E-state index < -0.39 is 11.7 Å². The highest BCUT2D eigenvalue weighted by Crippen LogP contribution is 2.31. The van der Waals surface area contributed by atoms with E-state index in [0.29, 0.717) is 35.7 Å². The number of nitrogens with zero attached hydrogens (tertiary/aromatic N) is 3. The van der Waals surface area contributed by atoms with Crippen molar-refractivity contribution in [1.82, 2.24) is 14.7 Å². The summed E-state index contributed by atoms with van der Waals surface area (Å²) in [4.78, 5) is 14.5. The van der Waals surface area contributed by atoms with E-state index in [1.165, 1.54) is 23.0 Å². The number of carbonyl (C=O) groups excluding carboxylic acids is 1. The van der Waals surface area contributed by atoms with Gasteiger partial charge < -0.3 is 14.4 Å². The quantitative estimate of drug-likeness (QED) is 0.534. The first kappa shape index (κ1) is 23.2. The second kappa shape index (κ2) is 9.33. The summed E-state index contributed by atoms with van der Waals surface area (Å²) in [5.74, 6) is 0.969. The summed E-state index contributed by atoms with van der Waals surface area (Å²) in [6.45, 7) is 2.09. The maximum absolute atomic E-state index is 13.0. The number of rotatable bonds is 7. The molecule has 1 heterocycles.